The number of rotatable bonds is 3. The molecule has 3 heteroatoms. The number of methoxy groups -OCH3 is 1. The fourth-order valence-corrected chi connectivity index (χ4v) is 1.66. The summed E-state index contributed by atoms with van der Waals surface area (Å²) in [6.45, 7) is 0.272. The van der Waals surface area contributed by atoms with Gasteiger partial charge in [0.25, 0.3) is 0 Å². The minimum Gasteiger partial charge on any atom is -0.468 e. The second-order valence-corrected chi connectivity index (χ2v) is 3.61. The molecule has 1 aromatic carbocycles. The van der Waals surface area contributed by atoms with E-state index in [4.69, 9.17) is 17.3 Å². The maximum absolute atomic E-state index is 5.85. The number of ether oxygens (including phenoxy) is 2. The summed E-state index contributed by atoms with van der Waals surface area (Å²) in [5.74, 6) is 0.935. The quantitative estimate of drug-likeness (QED) is 0.525. The van der Waals surface area contributed by atoms with Gasteiger partial charge in [-0.1, -0.05) is 24.0 Å². The first kappa shape index (κ1) is 10.3. The topological polar surface area (TPSA) is 18.5 Å². The monoisotopic (exact) mass is 200 g/mol. The van der Waals surface area contributed by atoms with Crippen LogP contribution in [0.5, 0.6) is 5.75 Å². The Morgan fingerprint density at radius 1 is 1.40 bits per heavy atom. The van der Waals surface area contributed by atoms with Gasteiger partial charge in [0.1, 0.15) is 5.75 Å². The van der Waals surface area contributed by atoms with Gasteiger partial charge in [0.2, 0.25) is 0 Å². The molecule has 0 aromatic heterocycles. The molecule has 1 aliphatic carbocycles. The van der Waals surface area contributed by atoms with E-state index >= 15 is 0 Å². The van der Waals surface area contributed by atoms with E-state index in [2.05, 4.69) is 12.2 Å². The molecule has 0 saturated heterocycles. The van der Waals surface area contributed by atoms with Crippen LogP contribution in [0.25, 0.3) is 12.2 Å². The minimum atomic E-state index is 0.121. The summed E-state index contributed by atoms with van der Waals surface area (Å²) in [5.41, 5.74) is 0. The van der Waals surface area contributed by atoms with E-state index < -0.39 is 0 Å². The smallest absolute Gasteiger partial charge is 0.188 e. The van der Waals surface area contributed by atoms with E-state index in [1.54, 1.807) is 7.11 Å². The molecule has 0 bridgehead atoms. The molecule has 0 amide bonds. The molecule has 15 heavy (non-hydrogen) atoms. The van der Waals surface area contributed by atoms with Gasteiger partial charge in [-0.2, -0.15) is 0 Å². The third kappa shape index (κ3) is 2.42. The number of fused-ring (bicyclic) bond motifs is 1. The molecular formula is C12H13BO2. The van der Waals surface area contributed by atoms with Crippen molar-refractivity contribution in [3.05, 3.63) is 28.6 Å². The molecule has 0 heterocycles. The molecular weight excluding hydrogens is 187 g/mol. The summed E-state index contributed by atoms with van der Waals surface area (Å²) in [7, 11) is 7.45. The predicted molar refractivity (Wildman–Crippen MR) is 61.2 cm³/mol. The second-order valence-electron chi connectivity index (χ2n) is 3.61. The van der Waals surface area contributed by atoms with Crippen molar-refractivity contribution in [1.29, 1.82) is 0 Å². The lowest BCUT2D eigenvalue weighted by molar-refractivity contribution is 0.0510. The van der Waals surface area contributed by atoms with Crippen LogP contribution in [0.1, 0.15) is 6.42 Å². The lowest BCUT2D eigenvalue weighted by Crippen LogP contribution is -2.27. The molecule has 2 radical (unpaired) electrons. The molecule has 0 aliphatic heterocycles. The Kier molecular flexibility index (Phi) is 3.12. The van der Waals surface area contributed by atoms with Gasteiger partial charge in [0.05, 0.1) is 7.85 Å². The van der Waals surface area contributed by atoms with Gasteiger partial charge in [-0.25, -0.2) is 0 Å². The molecule has 1 unspecified atom stereocenters. The normalized spacial score (nSPS) is 18.6. The predicted octanol–water partition coefficient (Wildman–Crippen LogP) is 0.591. The third-order valence-corrected chi connectivity index (χ3v) is 2.41. The second kappa shape index (κ2) is 4.54. The van der Waals surface area contributed by atoms with E-state index in [1.807, 2.05) is 18.2 Å². The highest BCUT2D eigenvalue weighted by Gasteiger charge is 2.02. The average Bonchev–Trinajstić information content (AvgIpc) is 2.25. The molecule has 0 N–H and O–H groups in total. The zero-order valence-electron chi connectivity index (χ0n) is 8.77. The van der Waals surface area contributed by atoms with E-state index in [-0.39, 0.29) is 12.6 Å². The van der Waals surface area contributed by atoms with Crippen LogP contribution >= 0.6 is 0 Å². The van der Waals surface area contributed by atoms with Crippen molar-refractivity contribution in [1.82, 2.24) is 0 Å². The number of hydrogen-bond acceptors (Lipinski definition) is 2. The number of hydrogen-bond donors (Lipinski definition) is 0. The van der Waals surface area contributed by atoms with Crippen LogP contribution in [0, 0.1) is 0 Å². The van der Waals surface area contributed by atoms with Crippen LogP contribution in [0.4, 0.5) is 0 Å². The maximum atomic E-state index is 5.85. The van der Waals surface area contributed by atoms with E-state index in [0.717, 1.165) is 17.4 Å². The van der Waals surface area contributed by atoms with Crippen LogP contribution < -0.4 is 15.2 Å². The van der Waals surface area contributed by atoms with Crippen molar-refractivity contribution >= 4 is 20.0 Å². The summed E-state index contributed by atoms with van der Waals surface area (Å²) in [6, 6.07) is 5.98. The SMILES string of the molecule is [B]C1C=c2cc(OCOC)ccc2=CC1. The van der Waals surface area contributed by atoms with Gasteiger partial charge in [-0.3, -0.25) is 0 Å². The molecule has 2 nitrogen and oxygen atoms in total. The lowest BCUT2D eigenvalue weighted by Gasteiger charge is -2.09. The van der Waals surface area contributed by atoms with Crippen LogP contribution in [0.15, 0.2) is 18.2 Å². The fraction of sp³-hybridized carbons (Fsp3) is 0.333. The third-order valence-electron chi connectivity index (χ3n) is 2.41. The Hall–Kier alpha value is -1.22. The van der Waals surface area contributed by atoms with E-state index in [1.165, 1.54) is 5.22 Å². The van der Waals surface area contributed by atoms with Crippen molar-refractivity contribution < 1.29 is 9.47 Å². The van der Waals surface area contributed by atoms with Crippen molar-refractivity contribution in [3.8, 4) is 5.75 Å². The van der Waals surface area contributed by atoms with Gasteiger partial charge in [-0.15, -0.1) is 0 Å². The van der Waals surface area contributed by atoms with Crippen LogP contribution in [0.3, 0.4) is 0 Å². The highest BCUT2D eigenvalue weighted by molar-refractivity contribution is 6.15. The standard InChI is InChI=1S/C12H13BO2/c1-14-8-15-12-5-3-9-2-4-11(13)6-10(9)7-12/h2-3,5-7,11H,4,8H2,1H3. The lowest BCUT2D eigenvalue weighted by atomic mass is 9.81. The van der Waals surface area contributed by atoms with Gasteiger partial charge in [-0.05, 0) is 29.0 Å². The fourth-order valence-electron chi connectivity index (χ4n) is 1.66. The molecule has 0 saturated carbocycles. The first-order chi connectivity index (χ1) is 7.29. The van der Waals surface area contributed by atoms with Gasteiger partial charge in [0, 0.05) is 7.11 Å². The van der Waals surface area contributed by atoms with Crippen LogP contribution in [-0.2, 0) is 4.74 Å². The van der Waals surface area contributed by atoms with Crippen LogP contribution in [-0.4, -0.2) is 21.7 Å². The average molecular weight is 200 g/mol. The Labute approximate surface area is 90.6 Å². The molecule has 1 aromatic rings. The molecule has 76 valence electrons. The zero-order chi connectivity index (χ0) is 10.7. The van der Waals surface area contributed by atoms with Crippen molar-refractivity contribution in [2.75, 3.05) is 13.9 Å². The maximum Gasteiger partial charge on any atom is 0.188 e. The first-order valence-electron chi connectivity index (χ1n) is 4.99. The summed E-state index contributed by atoms with van der Waals surface area (Å²) in [5, 5.41) is 2.36. The summed E-state index contributed by atoms with van der Waals surface area (Å²) in [6.07, 6.45) is 5.13. The van der Waals surface area contributed by atoms with Crippen molar-refractivity contribution in [2.45, 2.75) is 12.2 Å². The van der Waals surface area contributed by atoms with Gasteiger partial charge < -0.3 is 9.47 Å². The number of benzene rings is 1. The van der Waals surface area contributed by atoms with Gasteiger partial charge in [0.15, 0.2) is 6.79 Å². The molecule has 1 aliphatic rings. The largest absolute Gasteiger partial charge is 0.468 e. The highest BCUT2D eigenvalue weighted by Crippen LogP contribution is 2.11. The van der Waals surface area contributed by atoms with Crippen LogP contribution in [0.2, 0.25) is 5.82 Å². The van der Waals surface area contributed by atoms with Crippen molar-refractivity contribution in [2.24, 2.45) is 0 Å². The summed E-state index contributed by atoms with van der Waals surface area (Å²) < 4.78 is 10.2. The highest BCUT2D eigenvalue weighted by atomic mass is 16.7. The zero-order valence-corrected chi connectivity index (χ0v) is 8.77. The molecule has 1 atom stereocenters. The van der Waals surface area contributed by atoms with E-state index in [0.29, 0.717) is 0 Å². The Balaban J connectivity index is 2.33. The van der Waals surface area contributed by atoms with Gasteiger partial charge >= 0.3 is 0 Å². The summed E-state index contributed by atoms with van der Waals surface area (Å²) >= 11 is 0. The molecule has 2 rings (SSSR count). The Morgan fingerprint density at radius 2 is 2.27 bits per heavy atom. The van der Waals surface area contributed by atoms with E-state index in [9.17, 15) is 0 Å². The first-order valence-corrected chi connectivity index (χ1v) is 4.99. The Morgan fingerprint density at radius 3 is 3.07 bits per heavy atom. The minimum absolute atomic E-state index is 0.121. The molecule has 0 spiro atoms. The summed E-state index contributed by atoms with van der Waals surface area (Å²) in [4.78, 5) is 0. The van der Waals surface area contributed by atoms with Crippen molar-refractivity contribution in [3.63, 3.8) is 0 Å². The molecule has 0 fully saturated rings. The Bertz CT molecular complexity index is 453.